The zero-order valence-corrected chi connectivity index (χ0v) is 6.88. The molecule has 0 radical (unpaired) electrons. The van der Waals surface area contributed by atoms with Crippen molar-refractivity contribution in [1.29, 1.82) is 0 Å². The summed E-state index contributed by atoms with van der Waals surface area (Å²) in [7, 11) is 0. The van der Waals surface area contributed by atoms with E-state index in [2.05, 4.69) is 18.0 Å². The highest BCUT2D eigenvalue weighted by atomic mass is 14.6. The molecule has 1 heterocycles. The summed E-state index contributed by atoms with van der Waals surface area (Å²) in [6.07, 6.45) is 8.06. The summed E-state index contributed by atoms with van der Waals surface area (Å²) < 4.78 is 0. The topological polar surface area (TPSA) is 12.9 Å². The second-order valence-corrected chi connectivity index (χ2v) is 3.42. The van der Waals surface area contributed by atoms with E-state index in [1.54, 1.807) is 0 Å². The van der Waals surface area contributed by atoms with E-state index in [4.69, 9.17) is 0 Å². The van der Waals surface area contributed by atoms with Crippen LogP contribution < -0.4 is 0 Å². The predicted octanol–water partition coefficient (Wildman–Crippen LogP) is 2.66. The molecule has 1 saturated carbocycles. The summed E-state index contributed by atoms with van der Waals surface area (Å²) in [4.78, 5) is 4.19. The Morgan fingerprint density at radius 3 is 2.73 bits per heavy atom. The quantitative estimate of drug-likeness (QED) is 0.595. The first-order valence-corrected chi connectivity index (χ1v) is 4.28. The summed E-state index contributed by atoms with van der Waals surface area (Å²) in [6.45, 7) is 2.11. The van der Waals surface area contributed by atoms with Gasteiger partial charge in [-0.1, -0.05) is 12.5 Å². The maximum Gasteiger partial charge on any atom is 0.0302 e. The highest BCUT2D eigenvalue weighted by Crippen LogP contribution is 2.35. The van der Waals surface area contributed by atoms with E-state index in [0.717, 1.165) is 5.92 Å². The van der Waals surface area contributed by atoms with Crippen molar-refractivity contribution >= 4 is 0 Å². The Morgan fingerprint density at radius 2 is 2.18 bits per heavy atom. The number of rotatable bonds is 1. The lowest BCUT2D eigenvalue weighted by molar-refractivity contribution is 0.418. The largest absolute Gasteiger partial charge is 0.264 e. The molecule has 0 aliphatic heterocycles. The van der Waals surface area contributed by atoms with Gasteiger partial charge in [-0.2, -0.15) is 0 Å². The maximum absolute atomic E-state index is 4.19. The van der Waals surface area contributed by atoms with Crippen LogP contribution >= 0.6 is 0 Å². The van der Waals surface area contributed by atoms with Crippen LogP contribution in [-0.2, 0) is 0 Å². The molecule has 0 N–H and O–H groups in total. The van der Waals surface area contributed by atoms with Crippen molar-refractivity contribution in [2.45, 2.75) is 32.1 Å². The molecule has 0 bridgehead atoms. The first kappa shape index (κ1) is 6.84. The van der Waals surface area contributed by atoms with Gasteiger partial charge in [0.2, 0.25) is 0 Å². The van der Waals surface area contributed by atoms with Crippen molar-refractivity contribution in [1.82, 2.24) is 4.98 Å². The van der Waals surface area contributed by atoms with E-state index in [0.29, 0.717) is 0 Å². The Morgan fingerprint density at radius 1 is 1.36 bits per heavy atom. The number of pyridine rings is 1. The molecule has 1 aliphatic carbocycles. The van der Waals surface area contributed by atoms with Gasteiger partial charge < -0.3 is 0 Å². The summed E-state index contributed by atoms with van der Waals surface area (Å²) in [5.74, 6) is 0.822. The van der Waals surface area contributed by atoms with Crippen molar-refractivity contribution in [3.05, 3.63) is 29.6 Å². The van der Waals surface area contributed by atoms with Crippen molar-refractivity contribution in [2.24, 2.45) is 0 Å². The Labute approximate surface area is 67.5 Å². The summed E-state index contributed by atoms with van der Waals surface area (Å²) in [5.41, 5.74) is 2.73. The first-order valence-electron chi connectivity index (χ1n) is 4.28. The molecule has 0 saturated heterocycles. The fourth-order valence-corrected chi connectivity index (χ4v) is 1.54. The Bertz CT molecular complexity index is 251. The third kappa shape index (κ3) is 1.28. The molecule has 2 rings (SSSR count). The molecular formula is C10H13N. The minimum Gasteiger partial charge on any atom is -0.264 e. The van der Waals surface area contributed by atoms with Crippen LogP contribution in [0, 0.1) is 6.92 Å². The second kappa shape index (κ2) is 2.65. The third-order valence-corrected chi connectivity index (χ3v) is 2.47. The average molecular weight is 147 g/mol. The van der Waals surface area contributed by atoms with E-state index in [1.165, 1.54) is 30.4 Å². The van der Waals surface area contributed by atoms with Crippen molar-refractivity contribution in [2.75, 3.05) is 0 Å². The number of hydrogen-bond donors (Lipinski definition) is 0. The summed E-state index contributed by atoms with van der Waals surface area (Å²) in [5, 5.41) is 0. The molecule has 0 amide bonds. The maximum atomic E-state index is 4.19. The normalized spacial score (nSPS) is 17.9. The molecule has 0 aromatic carbocycles. The first-order chi connectivity index (χ1) is 5.36. The molecule has 1 fully saturated rings. The molecule has 1 nitrogen and oxygen atoms in total. The van der Waals surface area contributed by atoms with Crippen LogP contribution in [0.15, 0.2) is 18.5 Å². The molecule has 11 heavy (non-hydrogen) atoms. The van der Waals surface area contributed by atoms with E-state index in [9.17, 15) is 0 Å². The van der Waals surface area contributed by atoms with Crippen molar-refractivity contribution in [3.8, 4) is 0 Å². The molecular weight excluding hydrogens is 134 g/mol. The van der Waals surface area contributed by atoms with E-state index < -0.39 is 0 Å². The molecule has 0 spiro atoms. The second-order valence-electron chi connectivity index (χ2n) is 3.42. The van der Waals surface area contributed by atoms with E-state index in [1.807, 2.05) is 12.4 Å². The number of nitrogens with zero attached hydrogens (tertiary/aromatic N) is 1. The van der Waals surface area contributed by atoms with Gasteiger partial charge in [-0.25, -0.2) is 0 Å². The van der Waals surface area contributed by atoms with Crippen LogP contribution in [0.2, 0.25) is 0 Å². The predicted molar refractivity (Wildman–Crippen MR) is 45.6 cm³/mol. The summed E-state index contributed by atoms with van der Waals surface area (Å²) in [6, 6.07) is 2.26. The van der Waals surface area contributed by atoms with Gasteiger partial charge in [0, 0.05) is 12.4 Å². The van der Waals surface area contributed by atoms with Crippen LogP contribution in [0.25, 0.3) is 0 Å². The average Bonchev–Trinajstić information content (AvgIpc) is 1.83. The van der Waals surface area contributed by atoms with Crippen molar-refractivity contribution in [3.63, 3.8) is 0 Å². The third-order valence-electron chi connectivity index (χ3n) is 2.47. The SMILES string of the molecule is Cc1cncc(C2CCC2)c1. The fraction of sp³-hybridized carbons (Fsp3) is 0.500. The summed E-state index contributed by atoms with van der Waals surface area (Å²) >= 11 is 0. The van der Waals surface area contributed by atoms with Crippen LogP contribution in [0.3, 0.4) is 0 Å². The minimum atomic E-state index is 0.822. The number of aromatic nitrogens is 1. The molecule has 1 aliphatic rings. The van der Waals surface area contributed by atoms with Gasteiger partial charge in [0.15, 0.2) is 0 Å². The van der Waals surface area contributed by atoms with Gasteiger partial charge in [0.1, 0.15) is 0 Å². The van der Waals surface area contributed by atoms with Crippen LogP contribution in [0.4, 0.5) is 0 Å². The Hall–Kier alpha value is -0.850. The van der Waals surface area contributed by atoms with Crippen LogP contribution in [-0.4, -0.2) is 4.98 Å². The van der Waals surface area contributed by atoms with Gasteiger partial charge in [0.25, 0.3) is 0 Å². The van der Waals surface area contributed by atoms with Gasteiger partial charge in [-0.15, -0.1) is 0 Å². The van der Waals surface area contributed by atoms with Gasteiger partial charge >= 0.3 is 0 Å². The number of hydrogen-bond acceptors (Lipinski definition) is 1. The Balaban J connectivity index is 2.23. The molecule has 1 aromatic rings. The van der Waals surface area contributed by atoms with Gasteiger partial charge in [-0.3, -0.25) is 4.98 Å². The molecule has 0 atom stereocenters. The smallest absolute Gasteiger partial charge is 0.0302 e. The van der Waals surface area contributed by atoms with Crippen LogP contribution in [0.1, 0.15) is 36.3 Å². The molecule has 1 aromatic heterocycles. The molecule has 0 unspecified atom stereocenters. The zero-order valence-electron chi connectivity index (χ0n) is 6.88. The van der Waals surface area contributed by atoms with Crippen LogP contribution in [0.5, 0.6) is 0 Å². The zero-order chi connectivity index (χ0) is 7.68. The standard InChI is InChI=1S/C10H13N/c1-8-5-10(7-11-6-8)9-3-2-4-9/h5-7,9H,2-4H2,1H3. The lowest BCUT2D eigenvalue weighted by Crippen LogP contribution is -2.08. The monoisotopic (exact) mass is 147 g/mol. The lowest BCUT2D eigenvalue weighted by Gasteiger charge is -2.25. The highest BCUT2D eigenvalue weighted by molar-refractivity contribution is 5.21. The number of aryl methyl sites for hydroxylation is 1. The Kier molecular flexibility index (Phi) is 1.65. The van der Waals surface area contributed by atoms with Gasteiger partial charge in [0.05, 0.1) is 0 Å². The lowest BCUT2D eigenvalue weighted by atomic mass is 9.80. The van der Waals surface area contributed by atoms with E-state index in [-0.39, 0.29) is 0 Å². The molecule has 58 valence electrons. The van der Waals surface area contributed by atoms with Crippen molar-refractivity contribution < 1.29 is 0 Å². The van der Waals surface area contributed by atoms with Gasteiger partial charge in [-0.05, 0) is 36.8 Å². The minimum absolute atomic E-state index is 0.822. The van der Waals surface area contributed by atoms with E-state index >= 15 is 0 Å². The highest BCUT2D eigenvalue weighted by Gasteiger charge is 2.19. The molecule has 1 heteroatoms. The fourth-order valence-electron chi connectivity index (χ4n) is 1.54.